The topological polar surface area (TPSA) is 47.8 Å². The second kappa shape index (κ2) is 7.99. The normalized spacial score (nSPS) is 12.7. The van der Waals surface area contributed by atoms with Crippen LogP contribution in [0, 0.1) is 0 Å². The SMILES string of the molecule is O=C1CCc2cc(-c3cn(-c4ccc(-c5ccccc5)cc4)nc3-c3ccncc3)ccc21. The number of aryl methyl sites for hydroxylation is 1. The summed E-state index contributed by atoms with van der Waals surface area (Å²) in [6.45, 7) is 0. The summed E-state index contributed by atoms with van der Waals surface area (Å²) in [5, 5.41) is 4.96. The number of rotatable bonds is 4. The third kappa shape index (κ3) is 3.56. The van der Waals surface area contributed by atoms with E-state index in [1.807, 2.05) is 47.1 Å². The highest BCUT2D eigenvalue weighted by atomic mass is 16.1. The van der Waals surface area contributed by atoms with Crippen LogP contribution in [0.2, 0.25) is 0 Å². The van der Waals surface area contributed by atoms with Crippen molar-refractivity contribution in [3.05, 3.63) is 115 Å². The number of Topliss-reactive ketones (excluding diaryl/α,β-unsaturated/α-hetero) is 1. The molecule has 0 N–H and O–H groups in total. The van der Waals surface area contributed by atoms with Crippen LogP contribution < -0.4 is 0 Å². The van der Waals surface area contributed by atoms with Crippen molar-refractivity contribution >= 4 is 5.78 Å². The summed E-state index contributed by atoms with van der Waals surface area (Å²) >= 11 is 0. The lowest BCUT2D eigenvalue weighted by Crippen LogP contribution is -1.94. The largest absolute Gasteiger partial charge is 0.294 e. The van der Waals surface area contributed by atoms with Gasteiger partial charge in [-0.15, -0.1) is 0 Å². The molecule has 1 aliphatic carbocycles. The first kappa shape index (κ1) is 19.4. The van der Waals surface area contributed by atoms with Gasteiger partial charge in [0.05, 0.1) is 5.69 Å². The van der Waals surface area contributed by atoms with E-state index in [0.717, 1.165) is 45.6 Å². The summed E-state index contributed by atoms with van der Waals surface area (Å²) in [7, 11) is 0. The smallest absolute Gasteiger partial charge is 0.163 e. The number of ketones is 1. The van der Waals surface area contributed by atoms with Crippen LogP contribution in [0.25, 0.3) is 39.2 Å². The highest BCUT2D eigenvalue weighted by molar-refractivity contribution is 6.01. The Labute approximate surface area is 192 Å². The molecule has 0 saturated carbocycles. The Morgan fingerprint density at radius 3 is 2.18 bits per heavy atom. The molecule has 0 atom stereocenters. The van der Waals surface area contributed by atoms with Crippen molar-refractivity contribution in [1.82, 2.24) is 14.8 Å². The average Bonchev–Trinajstić information content (AvgIpc) is 3.49. The maximum absolute atomic E-state index is 12.1. The van der Waals surface area contributed by atoms with Gasteiger partial charge in [-0.1, -0.05) is 60.7 Å². The molecule has 0 bridgehead atoms. The second-order valence-corrected chi connectivity index (χ2v) is 8.28. The summed E-state index contributed by atoms with van der Waals surface area (Å²) < 4.78 is 1.93. The van der Waals surface area contributed by atoms with E-state index in [2.05, 4.69) is 53.6 Å². The Kier molecular flexibility index (Phi) is 4.69. The lowest BCUT2D eigenvalue weighted by molar-refractivity contribution is 0.0994. The van der Waals surface area contributed by atoms with Crippen LogP contribution in [-0.4, -0.2) is 20.5 Å². The maximum Gasteiger partial charge on any atom is 0.163 e. The monoisotopic (exact) mass is 427 g/mol. The first-order chi connectivity index (χ1) is 16.3. The van der Waals surface area contributed by atoms with Gasteiger partial charge in [-0.05, 0) is 52.9 Å². The number of hydrogen-bond donors (Lipinski definition) is 0. The summed E-state index contributed by atoms with van der Waals surface area (Å²) in [5.74, 6) is 0.236. The molecular formula is C29H21N3O. The number of benzene rings is 3. The zero-order valence-electron chi connectivity index (χ0n) is 18.0. The van der Waals surface area contributed by atoms with Gasteiger partial charge in [0, 0.05) is 41.7 Å². The molecule has 5 aromatic rings. The molecule has 1 aliphatic rings. The van der Waals surface area contributed by atoms with Gasteiger partial charge in [-0.3, -0.25) is 9.78 Å². The highest BCUT2D eigenvalue weighted by Gasteiger charge is 2.21. The van der Waals surface area contributed by atoms with Crippen LogP contribution in [-0.2, 0) is 6.42 Å². The molecule has 0 spiro atoms. The fraction of sp³-hybridized carbons (Fsp3) is 0.0690. The lowest BCUT2D eigenvalue weighted by Gasteiger charge is -2.05. The van der Waals surface area contributed by atoms with Gasteiger partial charge in [0.1, 0.15) is 5.69 Å². The number of fused-ring (bicyclic) bond motifs is 1. The van der Waals surface area contributed by atoms with Crippen molar-refractivity contribution in [2.75, 3.05) is 0 Å². The molecule has 33 heavy (non-hydrogen) atoms. The van der Waals surface area contributed by atoms with Crippen molar-refractivity contribution in [3.8, 4) is 39.2 Å². The van der Waals surface area contributed by atoms with Crippen LogP contribution in [0.3, 0.4) is 0 Å². The van der Waals surface area contributed by atoms with Gasteiger partial charge in [0.25, 0.3) is 0 Å². The minimum atomic E-state index is 0.236. The number of carbonyl (C=O) groups excluding carboxylic acids is 1. The third-order valence-electron chi connectivity index (χ3n) is 6.25. The van der Waals surface area contributed by atoms with Crippen molar-refractivity contribution in [1.29, 1.82) is 0 Å². The Hall–Kier alpha value is -4.31. The summed E-state index contributed by atoms with van der Waals surface area (Å²) in [5.41, 5.74) is 9.35. The zero-order valence-corrected chi connectivity index (χ0v) is 18.0. The average molecular weight is 428 g/mol. The fourth-order valence-corrected chi connectivity index (χ4v) is 4.50. The second-order valence-electron chi connectivity index (χ2n) is 8.28. The lowest BCUT2D eigenvalue weighted by atomic mass is 9.98. The fourth-order valence-electron chi connectivity index (χ4n) is 4.50. The molecule has 3 aromatic carbocycles. The number of carbonyl (C=O) groups is 1. The Morgan fingerprint density at radius 2 is 1.39 bits per heavy atom. The van der Waals surface area contributed by atoms with E-state index in [9.17, 15) is 4.79 Å². The molecule has 0 fully saturated rings. The van der Waals surface area contributed by atoms with Crippen LogP contribution in [0.1, 0.15) is 22.3 Å². The van der Waals surface area contributed by atoms with E-state index in [0.29, 0.717) is 6.42 Å². The minimum absolute atomic E-state index is 0.236. The molecule has 4 heteroatoms. The first-order valence-electron chi connectivity index (χ1n) is 11.1. The van der Waals surface area contributed by atoms with Gasteiger partial charge in [0.15, 0.2) is 5.78 Å². The molecule has 2 aromatic heterocycles. The Morgan fingerprint density at radius 1 is 0.667 bits per heavy atom. The maximum atomic E-state index is 12.1. The van der Waals surface area contributed by atoms with Gasteiger partial charge in [-0.2, -0.15) is 5.10 Å². The Balaban J connectivity index is 1.44. The summed E-state index contributed by atoms with van der Waals surface area (Å²) in [6, 6.07) is 28.9. The number of aromatic nitrogens is 3. The molecule has 2 heterocycles. The molecule has 158 valence electrons. The van der Waals surface area contributed by atoms with E-state index < -0.39 is 0 Å². The van der Waals surface area contributed by atoms with Crippen molar-refractivity contribution in [2.24, 2.45) is 0 Å². The predicted octanol–water partition coefficient (Wildman–Crippen LogP) is 6.40. The van der Waals surface area contributed by atoms with E-state index in [-0.39, 0.29) is 5.78 Å². The molecule has 0 amide bonds. The van der Waals surface area contributed by atoms with Crippen molar-refractivity contribution < 1.29 is 4.79 Å². The molecule has 0 radical (unpaired) electrons. The van der Waals surface area contributed by atoms with Gasteiger partial charge >= 0.3 is 0 Å². The number of nitrogens with zero attached hydrogens (tertiary/aromatic N) is 3. The molecule has 0 unspecified atom stereocenters. The third-order valence-corrected chi connectivity index (χ3v) is 6.25. The van der Waals surface area contributed by atoms with Crippen LogP contribution in [0.5, 0.6) is 0 Å². The number of hydrogen-bond acceptors (Lipinski definition) is 3. The Bertz CT molecular complexity index is 1450. The van der Waals surface area contributed by atoms with Gasteiger partial charge < -0.3 is 0 Å². The summed E-state index contributed by atoms with van der Waals surface area (Å²) in [6.07, 6.45) is 7.05. The first-order valence-corrected chi connectivity index (χ1v) is 11.1. The van der Waals surface area contributed by atoms with Crippen molar-refractivity contribution in [2.45, 2.75) is 12.8 Å². The van der Waals surface area contributed by atoms with E-state index in [1.165, 1.54) is 11.1 Å². The molecule has 0 saturated heterocycles. The molecular weight excluding hydrogens is 406 g/mol. The molecule has 6 rings (SSSR count). The zero-order chi connectivity index (χ0) is 22.2. The van der Waals surface area contributed by atoms with Crippen molar-refractivity contribution in [3.63, 3.8) is 0 Å². The van der Waals surface area contributed by atoms with Crippen LogP contribution in [0.15, 0.2) is 104 Å². The van der Waals surface area contributed by atoms with E-state index in [1.54, 1.807) is 12.4 Å². The quantitative estimate of drug-likeness (QED) is 0.334. The van der Waals surface area contributed by atoms with E-state index >= 15 is 0 Å². The standard InChI is InChI=1S/C29H21N3O/c33-28-13-9-23-18-24(8-12-26(23)28)27-19-32(31-29(27)22-14-16-30-17-15-22)25-10-6-21(7-11-25)20-4-2-1-3-5-20/h1-8,10-12,14-19H,9,13H2. The highest BCUT2D eigenvalue weighted by Crippen LogP contribution is 2.35. The van der Waals surface area contributed by atoms with Crippen LogP contribution >= 0.6 is 0 Å². The predicted molar refractivity (Wildman–Crippen MR) is 130 cm³/mol. The van der Waals surface area contributed by atoms with Gasteiger partial charge in [-0.25, -0.2) is 4.68 Å². The minimum Gasteiger partial charge on any atom is -0.294 e. The summed E-state index contributed by atoms with van der Waals surface area (Å²) in [4.78, 5) is 16.3. The van der Waals surface area contributed by atoms with E-state index in [4.69, 9.17) is 5.10 Å². The van der Waals surface area contributed by atoms with Crippen LogP contribution in [0.4, 0.5) is 0 Å². The molecule has 0 aliphatic heterocycles. The molecule has 4 nitrogen and oxygen atoms in total. The van der Waals surface area contributed by atoms with Gasteiger partial charge in [0.2, 0.25) is 0 Å². The number of pyridine rings is 1.